The van der Waals surface area contributed by atoms with Crippen LogP contribution in [0.15, 0.2) is 46.0 Å². The molecule has 0 atom stereocenters. The molecule has 2 aliphatic heterocycles. The quantitative estimate of drug-likeness (QED) is 0.722. The summed E-state index contributed by atoms with van der Waals surface area (Å²) < 4.78 is 12.7. The van der Waals surface area contributed by atoms with Crippen LogP contribution < -0.4 is 9.47 Å². The molecule has 0 bridgehead atoms. The molecule has 0 aliphatic carbocycles. The molecule has 1 aromatic carbocycles. The number of ether oxygens (including phenoxy) is 2. The molecule has 0 saturated heterocycles. The standard InChI is InChI=1S/C16H12N4O2S2/c1-2-14(23-5-1)11-8-24-16-18-17-15(20(16)19-11)7-10-3-4-12-13(6-10)22-9-21-12/h1-6H,7-9H2. The average Bonchev–Trinajstić information content (AvgIpc) is 3.35. The lowest BCUT2D eigenvalue weighted by Gasteiger charge is -2.12. The van der Waals surface area contributed by atoms with Gasteiger partial charge in [-0.2, -0.15) is 9.78 Å². The molecule has 3 aromatic rings. The predicted octanol–water partition coefficient (Wildman–Crippen LogP) is 3.02. The number of nitrogens with zero attached hydrogens (tertiary/aromatic N) is 4. The molecule has 5 rings (SSSR count). The molecule has 0 fully saturated rings. The van der Waals surface area contributed by atoms with Crippen molar-refractivity contribution in [2.75, 3.05) is 12.5 Å². The molecule has 0 saturated carbocycles. The van der Waals surface area contributed by atoms with Crippen LogP contribution in [0.5, 0.6) is 11.5 Å². The van der Waals surface area contributed by atoms with Crippen molar-refractivity contribution in [3.63, 3.8) is 0 Å². The van der Waals surface area contributed by atoms with Gasteiger partial charge in [0.2, 0.25) is 11.9 Å². The second-order valence-corrected chi connectivity index (χ2v) is 7.28. The van der Waals surface area contributed by atoms with E-state index >= 15 is 0 Å². The second kappa shape index (κ2) is 5.64. The predicted molar refractivity (Wildman–Crippen MR) is 92.4 cm³/mol. The Morgan fingerprint density at radius 1 is 1.12 bits per heavy atom. The SMILES string of the molecule is c1csc(C2=Nn3c(Cc4ccc5c(c4)OCO5)nnc3SC2)c1. The third kappa shape index (κ3) is 2.38. The minimum atomic E-state index is 0.282. The van der Waals surface area contributed by atoms with Crippen LogP contribution in [0.25, 0.3) is 0 Å². The van der Waals surface area contributed by atoms with Gasteiger partial charge in [-0.1, -0.05) is 23.9 Å². The molecular formula is C16H12N4O2S2. The molecule has 0 N–H and O–H groups in total. The Morgan fingerprint density at radius 3 is 3.00 bits per heavy atom. The number of thioether (sulfide) groups is 1. The van der Waals surface area contributed by atoms with E-state index in [-0.39, 0.29) is 6.79 Å². The maximum atomic E-state index is 5.44. The van der Waals surface area contributed by atoms with E-state index in [2.05, 4.69) is 21.6 Å². The number of aromatic nitrogens is 3. The Kier molecular flexibility index (Phi) is 3.30. The van der Waals surface area contributed by atoms with Crippen molar-refractivity contribution in [1.82, 2.24) is 14.9 Å². The maximum absolute atomic E-state index is 5.44. The van der Waals surface area contributed by atoms with E-state index in [1.807, 2.05) is 28.9 Å². The normalized spacial score (nSPS) is 15.2. The zero-order valence-corrected chi connectivity index (χ0v) is 14.1. The molecule has 0 unspecified atom stereocenters. The zero-order valence-electron chi connectivity index (χ0n) is 12.5. The van der Waals surface area contributed by atoms with Crippen molar-refractivity contribution in [2.45, 2.75) is 11.6 Å². The number of hydrogen-bond acceptors (Lipinski definition) is 7. The molecule has 0 radical (unpaired) electrons. The number of benzene rings is 1. The fourth-order valence-electron chi connectivity index (χ4n) is 2.68. The van der Waals surface area contributed by atoms with Crippen LogP contribution in [0.4, 0.5) is 0 Å². The zero-order chi connectivity index (χ0) is 15.9. The van der Waals surface area contributed by atoms with Crippen LogP contribution in [0.3, 0.4) is 0 Å². The van der Waals surface area contributed by atoms with Crippen molar-refractivity contribution < 1.29 is 9.47 Å². The van der Waals surface area contributed by atoms with Gasteiger partial charge in [0, 0.05) is 12.2 Å². The summed E-state index contributed by atoms with van der Waals surface area (Å²) in [5.74, 6) is 3.21. The molecule has 6 nitrogen and oxygen atoms in total. The maximum Gasteiger partial charge on any atom is 0.231 e. The summed E-state index contributed by atoms with van der Waals surface area (Å²) in [6, 6.07) is 10.1. The Hall–Kier alpha value is -2.32. The Balaban J connectivity index is 1.48. The molecule has 0 amide bonds. The number of thiophene rings is 1. The van der Waals surface area contributed by atoms with Crippen molar-refractivity contribution >= 4 is 28.8 Å². The van der Waals surface area contributed by atoms with Crippen molar-refractivity contribution in [3.05, 3.63) is 52.0 Å². The first-order chi connectivity index (χ1) is 11.9. The van der Waals surface area contributed by atoms with Crippen LogP contribution in [0.2, 0.25) is 0 Å². The highest BCUT2D eigenvalue weighted by molar-refractivity contribution is 7.99. The van der Waals surface area contributed by atoms with Gasteiger partial charge in [0.1, 0.15) is 0 Å². The van der Waals surface area contributed by atoms with Crippen molar-refractivity contribution in [3.8, 4) is 11.5 Å². The molecule has 120 valence electrons. The van der Waals surface area contributed by atoms with E-state index < -0.39 is 0 Å². The molecule has 24 heavy (non-hydrogen) atoms. The Morgan fingerprint density at radius 2 is 2.08 bits per heavy atom. The van der Waals surface area contributed by atoms with Crippen LogP contribution in [-0.4, -0.2) is 33.1 Å². The summed E-state index contributed by atoms with van der Waals surface area (Å²) in [5.41, 5.74) is 2.16. The monoisotopic (exact) mass is 356 g/mol. The fourth-order valence-corrected chi connectivity index (χ4v) is 4.32. The van der Waals surface area contributed by atoms with Gasteiger partial charge in [0.25, 0.3) is 0 Å². The second-order valence-electron chi connectivity index (χ2n) is 5.39. The van der Waals surface area contributed by atoms with E-state index in [1.165, 1.54) is 4.88 Å². The van der Waals surface area contributed by atoms with E-state index in [0.29, 0.717) is 6.42 Å². The molecule has 4 heterocycles. The fraction of sp³-hybridized carbons (Fsp3) is 0.188. The highest BCUT2D eigenvalue weighted by Gasteiger charge is 2.21. The number of rotatable bonds is 3. The Labute approximate surface area is 146 Å². The Bertz CT molecular complexity index is 934. The molecule has 8 heteroatoms. The van der Waals surface area contributed by atoms with Gasteiger partial charge < -0.3 is 9.47 Å². The molecular weight excluding hydrogens is 344 g/mol. The summed E-state index contributed by atoms with van der Waals surface area (Å²) in [6.45, 7) is 0.282. The third-order valence-electron chi connectivity index (χ3n) is 3.84. The van der Waals surface area contributed by atoms with Crippen LogP contribution in [0.1, 0.15) is 16.3 Å². The molecule has 0 spiro atoms. The molecule has 2 aromatic heterocycles. The summed E-state index contributed by atoms with van der Waals surface area (Å²) in [5, 5.41) is 16.2. The lowest BCUT2D eigenvalue weighted by atomic mass is 10.1. The largest absolute Gasteiger partial charge is 0.454 e. The van der Waals surface area contributed by atoms with Crippen LogP contribution in [0, 0.1) is 0 Å². The first-order valence-electron chi connectivity index (χ1n) is 7.44. The molecule has 2 aliphatic rings. The topological polar surface area (TPSA) is 61.5 Å². The van der Waals surface area contributed by atoms with Gasteiger partial charge in [0.15, 0.2) is 17.3 Å². The smallest absolute Gasteiger partial charge is 0.231 e. The third-order valence-corrected chi connectivity index (χ3v) is 5.69. The van der Waals surface area contributed by atoms with Gasteiger partial charge in [-0.05, 0) is 29.1 Å². The number of hydrogen-bond donors (Lipinski definition) is 0. The lowest BCUT2D eigenvalue weighted by molar-refractivity contribution is 0.174. The van der Waals surface area contributed by atoms with E-state index in [1.54, 1.807) is 23.1 Å². The van der Waals surface area contributed by atoms with Gasteiger partial charge in [-0.15, -0.1) is 21.5 Å². The summed E-state index contributed by atoms with van der Waals surface area (Å²) in [6.07, 6.45) is 0.644. The van der Waals surface area contributed by atoms with Gasteiger partial charge in [0.05, 0.1) is 10.6 Å². The van der Waals surface area contributed by atoms with E-state index in [4.69, 9.17) is 14.6 Å². The lowest BCUT2D eigenvalue weighted by Crippen LogP contribution is -2.13. The summed E-state index contributed by atoms with van der Waals surface area (Å²) in [7, 11) is 0. The average molecular weight is 356 g/mol. The van der Waals surface area contributed by atoms with Crippen LogP contribution in [-0.2, 0) is 6.42 Å². The highest BCUT2D eigenvalue weighted by Crippen LogP contribution is 2.33. The minimum absolute atomic E-state index is 0.282. The van der Waals surface area contributed by atoms with Gasteiger partial charge in [-0.25, -0.2) is 0 Å². The van der Waals surface area contributed by atoms with Crippen LogP contribution >= 0.6 is 23.1 Å². The first-order valence-corrected chi connectivity index (χ1v) is 9.31. The highest BCUT2D eigenvalue weighted by atomic mass is 32.2. The van der Waals surface area contributed by atoms with Crippen molar-refractivity contribution in [2.24, 2.45) is 5.10 Å². The summed E-state index contributed by atoms with van der Waals surface area (Å²) in [4.78, 5) is 1.19. The van der Waals surface area contributed by atoms with Crippen molar-refractivity contribution in [1.29, 1.82) is 0 Å². The summed E-state index contributed by atoms with van der Waals surface area (Å²) >= 11 is 3.37. The van der Waals surface area contributed by atoms with E-state index in [0.717, 1.165) is 39.5 Å². The van der Waals surface area contributed by atoms with Gasteiger partial charge in [-0.3, -0.25) is 0 Å². The van der Waals surface area contributed by atoms with Gasteiger partial charge >= 0.3 is 0 Å². The minimum Gasteiger partial charge on any atom is -0.454 e. The first kappa shape index (κ1) is 14.1. The number of fused-ring (bicyclic) bond motifs is 2. The van der Waals surface area contributed by atoms with E-state index in [9.17, 15) is 0 Å².